The van der Waals surface area contributed by atoms with Gasteiger partial charge < -0.3 is 15.4 Å². The van der Waals surface area contributed by atoms with Gasteiger partial charge >= 0.3 is 0 Å². The normalized spacial score (nSPS) is 15.1. The molecule has 10 nitrogen and oxygen atoms in total. The minimum absolute atomic E-state index is 0.0884. The van der Waals surface area contributed by atoms with E-state index in [0.29, 0.717) is 25.8 Å². The van der Waals surface area contributed by atoms with Gasteiger partial charge in [0.1, 0.15) is 11.4 Å². The standard InChI is InChI=1S/C22H28N4O6S/c1-23-20-8-7-19(15-21(20)26(28)29)33(30,31)25-13-10-17(11-14-25)22(27)24-12-9-16-3-5-18(32-2)6-4-16/h3-8,15,17,23H,9-14H2,1-2H3,(H,24,27). The SMILES string of the molecule is CNc1ccc(S(=O)(=O)N2CCC(C(=O)NCCc3ccc(OC)cc3)CC2)cc1[N+](=O)[O-]. The molecule has 2 N–H and O–H groups in total. The molecule has 2 aromatic carbocycles. The van der Waals surface area contributed by atoms with E-state index in [-0.39, 0.29) is 41.2 Å². The van der Waals surface area contributed by atoms with Gasteiger partial charge in [-0.15, -0.1) is 0 Å². The molecule has 11 heteroatoms. The molecule has 0 aliphatic carbocycles. The molecule has 0 saturated carbocycles. The van der Waals surface area contributed by atoms with E-state index in [4.69, 9.17) is 4.74 Å². The number of piperidine rings is 1. The first-order valence-electron chi connectivity index (χ1n) is 10.6. The highest BCUT2D eigenvalue weighted by Crippen LogP contribution is 2.30. The molecule has 1 saturated heterocycles. The number of methoxy groups -OCH3 is 1. The molecule has 1 heterocycles. The van der Waals surface area contributed by atoms with Crippen LogP contribution in [0.5, 0.6) is 5.75 Å². The second kappa shape index (κ2) is 10.6. The van der Waals surface area contributed by atoms with E-state index in [1.165, 1.54) is 23.5 Å². The molecular formula is C22H28N4O6S. The molecular weight excluding hydrogens is 448 g/mol. The fraction of sp³-hybridized carbons (Fsp3) is 0.409. The molecule has 178 valence electrons. The highest BCUT2D eigenvalue weighted by atomic mass is 32.2. The van der Waals surface area contributed by atoms with Crippen LogP contribution in [0.2, 0.25) is 0 Å². The van der Waals surface area contributed by atoms with E-state index in [1.807, 2.05) is 24.3 Å². The lowest BCUT2D eigenvalue weighted by molar-refractivity contribution is -0.384. The summed E-state index contributed by atoms with van der Waals surface area (Å²) in [7, 11) is -0.754. The van der Waals surface area contributed by atoms with Crippen molar-refractivity contribution in [3.05, 3.63) is 58.1 Å². The van der Waals surface area contributed by atoms with E-state index in [1.54, 1.807) is 7.11 Å². The second-order valence-corrected chi connectivity index (χ2v) is 9.69. The van der Waals surface area contributed by atoms with Crippen molar-refractivity contribution in [1.82, 2.24) is 9.62 Å². The molecule has 0 radical (unpaired) electrons. The lowest BCUT2D eigenvalue weighted by Crippen LogP contribution is -2.43. The smallest absolute Gasteiger partial charge is 0.293 e. The quantitative estimate of drug-likeness (QED) is 0.420. The Morgan fingerprint density at radius 2 is 1.85 bits per heavy atom. The summed E-state index contributed by atoms with van der Waals surface area (Å²) in [5, 5.41) is 16.9. The summed E-state index contributed by atoms with van der Waals surface area (Å²) in [6.45, 7) is 0.853. The summed E-state index contributed by atoms with van der Waals surface area (Å²) < 4.78 is 32.4. The van der Waals surface area contributed by atoms with Crippen LogP contribution in [0.25, 0.3) is 0 Å². The summed E-state index contributed by atoms with van der Waals surface area (Å²) >= 11 is 0. The topological polar surface area (TPSA) is 131 Å². The van der Waals surface area contributed by atoms with Crippen molar-refractivity contribution in [3.8, 4) is 5.75 Å². The van der Waals surface area contributed by atoms with Crippen LogP contribution in [-0.2, 0) is 21.2 Å². The zero-order valence-corrected chi connectivity index (χ0v) is 19.4. The number of rotatable bonds is 9. The average molecular weight is 477 g/mol. The van der Waals surface area contributed by atoms with Gasteiger partial charge in [0.15, 0.2) is 0 Å². The van der Waals surface area contributed by atoms with Gasteiger partial charge in [-0.2, -0.15) is 4.31 Å². The van der Waals surface area contributed by atoms with Crippen molar-refractivity contribution >= 4 is 27.3 Å². The molecule has 0 atom stereocenters. The number of nitrogens with one attached hydrogen (secondary N) is 2. The summed E-state index contributed by atoms with van der Waals surface area (Å²) in [4.78, 5) is 23.0. The fourth-order valence-corrected chi connectivity index (χ4v) is 5.30. The number of hydrogen-bond donors (Lipinski definition) is 2. The predicted octanol–water partition coefficient (Wildman–Crippen LogP) is 2.40. The number of benzene rings is 2. The minimum atomic E-state index is -3.89. The maximum absolute atomic E-state index is 13.0. The molecule has 33 heavy (non-hydrogen) atoms. The van der Waals surface area contributed by atoms with Gasteiger partial charge in [0.25, 0.3) is 5.69 Å². The first kappa shape index (κ1) is 24.5. The number of carbonyl (C=O) groups excluding carboxylic acids is 1. The number of anilines is 1. The molecule has 1 aliphatic heterocycles. The number of amides is 1. The number of hydrogen-bond acceptors (Lipinski definition) is 7. The van der Waals surface area contributed by atoms with Crippen molar-refractivity contribution in [2.24, 2.45) is 5.92 Å². The maximum Gasteiger partial charge on any atom is 0.293 e. The van der Waals surface area contributed by atoms with Crippen molar-refractivity contribution in [2.45, 2.75) is 24.2 Å². The Morgan fingerprint density at radius 3 is 2.42 bits per heavy atom. The van der Waals surface area contributed by atoms with Gasteiger partial charge in [-0.25, -0.2) is 8.42 Å². The summed E-state index contributed by atoms with van der Waals surface area (Å²) in [5.41, 5.74) is 1.02. The first-order chi connectivity index (χ1) is 15.8. The third-order valence-electron chi connectivity index (χ3n) is 5.77. The third-order valence-corrected chi connectivity index (χ3v) is 7.66. The first-order valence-corrected chi connectivity index (χ1v) is 12.1. The monoisotopic (exact) mass is 476 g/mol. The predicted molar refractivity (Wildman–Crippen MR) is 124 cm³/mol. The number of nitrogens with zero attached hydrogens (tertiary/aromatic N) is 2. The zero-order valence-electron chi connectivity index (χ0n) is 18.6. The lowest BCUT2D eigenvalue weighted by Gasteiger charge is -2.30. The van der Waals surface area contributed by atoms with Gasteiger partial charge in [-0.05, 0) is 49.1 Å². The summed E-state index contributed by atoms with van der Waals surface area (Å²) in [6, 6.07) is 11.4. The number of carbonyl (C=O) groups is 1. The Morgan fingerprint density at radius 1 is 1.18 bits per heavy atom. The molecule has 1 amide bonds. The number of nitro benzene ring substituents is 1. The maximum atomic E-state index is 13.0. The highest BCUT2D eigenvalue weighted by Gasteiger charge is 2.33. The number of sulfonamides is 1. The molecule has 0 spiro atoms. The largest absolute Gasteiger partial charge is 0.497 e. The Hall–Kier alpha value is -3.18. The molecule has 0 aromatic heterocycles. The van der Waals surface area contributed by atoms with Crippen molar-refractivity contribution in [3.63, 3.8) is 0 Å². The van der Waals surface area contributed by atoms with Crippen LogP contribution in [0.15, 0.2) is 47.4 Å². The van der Waals surface area contributed by atoms with E-state index < -0.39 is 14.9 Å². The Labute approximate surface area is 193 Å². The van der Waals surface area contributed by atoms with E-state index >= 15 is 0 Å². The van der Waals surface area contributed by atoms with Gasteiger partial charge in [0.2, 0.25) is 15.9 Å². The van der Waals surface area contributed by atoms with Gasteiger partial charge in [0.05, 0.1) is 16.9 Å². The zero-order chi connectivity index (χ0) is 24.0. The molecule has 0 unspecified atom stereocenters. The molecule has 1 aliphatic rings. The molecule has 3 rings (SSSR count). The van der Waals surface area contributed by atoms with Crippen LogP contribution in [-0.4, -0.2) is 57.3 Å². The number of nitro groups is 1. The van der Waals surface area contributed by atoms with Crippen LogP contribution in [0.1, 0.15) is 18.4 Å². The van der Waals surface area contributed by atoms with Crippen LogP contribution in [0, 0.1) is 16.0 Å². The summed E-state index contributed by atoms with van der Waals surface area (Å²) in [5.74, 6) is 0.417. The van der Waals surface area contributed by atoms with Crippen LogP contribution in [0.3, 0.4) is 0 Å². The Kier molecular flexibility index (Phi) is 7.88. The van der Waals surface area contributed by atoms with Gasteiger partial charge in [-0.3, -0.25) is 14.9 Å². The molecule has 0 bridgehead atoms. The Bertz CT molecular complexity index is 1100. The summed E-state index contributed by atoms with van der Waals surface area (Å²) in [6.07, 6.45) is 1.47. The van der Waals surface area contributed by atoms with E-state index in [2.05, 4.69) is 10.6 Å². The van der Waals surface area contributed by atoms with Crippen molar-refractivity contribution in [1.29, 1.82) is 0 Å². The van der Waals surface area contributed by atoms with E-state index in [0.717, 1.165) is 17.4 Å². The minimum Gasteiger partial charge on any atom is -0.497 e. The third kappa shape index (κ3) is 5.79. The highest BCUT2D eigenvalue weighted by molar-refractivity contribution is 7.89. The molecule has 1 fully saturated rings. The molecule has 2 aromatic rings. The number of ether oxygens (including phenoxy) is 1. The van der Waals surface area contributed by atoms with Crippen molar-refractivity contribution in [2.75, 3.05) is 39.1 Å². The second-order valence-electron chi connectivity index (χ2n) is 7.75. The Balaban J connectivity index is 1.54. The van der Waals surface area contributed by atoms with Gasteiger partial charge in [0, 0.05) is 38.7 Å². The van der Waals surface area contributed by atoms with Crippen LogP contribution < -0.4 is 15.4 Å². The lowest BCUT2D eigenvalue weighted by atomic mass is 9.97. The fourth-order valence-electron chi connectivity index (χ4n) is 3.81. The van der Waals surface area contributed by atoms with Crippen molar-refractivity contribution < 1.29 is 22.9 Å². The van der Waals surface area contributed by atoms with Gasteiger partial charge in [-0.1, -0.05) is 12.1 Å². The van der Waals surface area contributed by atoms with E-state index in [9.17, 15) is 23.3 Å². The van der Waals surface area contributed by atoms with Crippen LogP contribution in [0.4, 0.5) is 11.4 Å². The average Bonchev–Trinajstić information content (AvgIpc) is 2.84. The van der Waals surface area contributed by atoms with Crippen LogP contribution >= 0.6 is 0 Å².